The van der Waals surface area contributed by atoms with Crippen molar-refractivity contribution in [3.63, 3.8) is 0 Å². The van der Waals surface area contributed by atoms with E-state index >= 15 is 0 Å². The molecule has 0 bridgehead atoms. The van der Waals surface area contributed by atoms with E-state index in [-0.39, 0.29) is 579 Å². The predicted molar refractivity (Wildman–Crippen MR) is 439 cm³/mol. The molecule has 225 N–H and O–H groups in total. The second-order valence-electron chi connectivity index (χ2n) is 0. The first-order valence-electron chi connectivity index (χ1n) is 0. The predicted octanol–water partition coefficient (Wildman–Crippen LogP) is 16.0. The number of halogens is 25. The molecular weight excluding hydrogens is 1530 g/mol. The standard InChI is InChI=1S/25FH.75H3N/h25*1H;75*1H3. The molecule has 0 fully saturated rings. The van der Waals surface area contributed by atoms with Crippen LogP contribution < -0.4 is 461 Å². The summed E-state index contributed by atoms with van der Waals surface area (Å²) in [6.07, 6.45) is 0. The van der Waals surface area contributed by atoms with Crippen molar-refractivity contribution >= 4 is 0 Å². The normalized spacial score (nSPS) is 0. The molecule has 0 spiro atoms. The molecule has 0 aromatic rings. The third-order valence-electron chi connectivity index (χ3n) is 0. The fourth-order valence-electron chi connectivity index (χ4n) is 0. The number of rotatable bonds is 0. The van der Waals surface area contributed by atoms with Crippen LogP contribution in [0.1, 0.15) is 0 Å². The van der Waals surface area contributed by atoms with E-state index in [1.54, 1.807) is 0 Å². The molecule has 0 saturated carbocycles. The summed E-state index contributed by atoms with van der Waals surface area (Å²) in [4.78, 5) is 0. The molecule has 0 rings (SSSR count). The van der Waals surface area contributed by atoms with E-state index in [1.165, 1.54) is 0 Å². The third-order valence-corrected chi connectivity index (χ3v) is 0. The van der Waals surface area contributed by atoms with Crippen molar-refractivity contribution in [2.24, 2.45) is 0 Å². The van der Waals surface area contributed by atoms with Crippen LogP contribution in [0.2, 0.25) is 0 Å². The summed E-state index contributed by atoms with van der Waals surface area (Å²) in [7, 11) is 0. The molecule has 0 atom stereocenters. The number of hydrogen-bond donors (Lipinski definition) is 75. The van der Waals surface area contributed by atoms with Crippen molar-refractivity contribution < 1.29 is 118 Å². The zero-order valence-electron chi connectivity index (χ0n) is 63.2. The first-order chi connectivity index (χ1) is 0. The minimum atomic E-state index is 0. The van der Waals surface area contributed by atoms with Crippen LogP contribution in [0.15, 0.2) is 0 Å². The Kier molecular flexibility index (Phi) is 13600000. The quantitative estimate of drug-likeness (QED) is 0.100. The highest BCUT2D eigenvalue weighted by molar-refractivity contribution is 2.21. The van der Waals surface area contributed by atoms with E-state index in [0.29, 0.717) is 0 Å². The van der Waals surface area contributed by atoms with Gasteiger partial charge in [0.05, 0.1) is 0 Å². The van der Waals surface area contributed by atoms with E-state index in [4.69, 9.17) is 0 Å². The minimum Gasteiger partial charge on any atom is -0.344 e. The SMILES string of the molecule is F.F.F.F.F.F.F.F.F.F.F.F.F.F.F.F.F.F.F.F.F.F.F.F.F.N.N.N.N.N.N.N.N.N.N.N.N.N.N.N.N.N.N.N.N.N.N.N.N.N.N.N.N.N.N.N.N.N.N.N.N.N.N.N.N.N.N.N.N.N.N.N.N.N.N.N.N.N.N.N.N.N.N.N.N.N.N.N.N.N.N.N.N.N.N.N.N.N.N.N. The maximum Gasteiger partial charge on any atom is -0.269 e. The molecule has 0 saturated heterocycles. The Labute approximate surface area is 580 Å². The van der Waals surface area contributed by atoms with Gasteiger partial charge < -0.3 is 461 Å². The highest BCUT2D eigenvalue weighted by Gasteiger charge is -0.212. The van der Waals surface area contributed by atoms with Gasteiger partial charge in [0.25, 0.3) is 0 Å². The molecule has 0 amide bonds. The summed E-state index contributed by atoms with van der Waals surface area (Å²) in [6.45, 7) is 0. The largest absolute Gasteiger partial charge is 0.344 e. The highest BCUT2D eigenvalue weighted by atomic mass is 19.0. The zero-order chi connectivity index (χ0) is 0. The van der Waals surface area contributed by atoms with Crippen LogP contribution in [0.5, 0.6) is 0 Å². The van der Waals surface area contributed by atoms with Gasteiger partial charge in [-0.05, 0) is 0 Å². The van der Waals surface area contributed by atoms with Crippen LogP contribution >= 0.6 is 0 Å². The van der Waals surface area contributed by atoms with Gasteiger partial charge >= 0.3 is 0 Å². The summed E-state index contributed by atoms with van der Waals surface area (Å²) >= 11 is 0. The van der Waals surface area contributed by atoms with E-state index in [0.717, 1.165) is 0 Å². The Morgan fingerprint density at radius 1 is 0.0200 bits per heavy atom. The summed E-state index contributed by atoms with van der Waals surface area (Å²) in [5.74, 6) is 0. The minimum absolute atomic E-state index is 0. The van der Waals surface area contributed by atoms with Crippen LogP contribution in [0, 0.1) is 0 Å². The van der Waals surface area contributed by atoms with Crippen molar-refractivity contribution in [3.05, 3.63) is 0 Å². The van der Waals surface area contributed by atoms with Gasteiger partial charge in [-0.1, -0.05) is 0 Å². The van der Waals surface area contributed by atoms with Gasteiger partial charge in [-0.15, -0.1) is 0 Å². The molecule has 0 aliphatic rings. The summed E-state index contributed by atoms with van der Waals surface area (Å²) < 4.78 is 0. The molecular formula is H250F25N75. The van der Waals surface area contributed by atoms with Crippen LogP contribution in [0.4, 0.5) is 118 Å². The van der Waals surface area contributed by atoms with Crippen LogP contribution in [0.25, 0.3) is 0 Å². The molecule has 0 aromatic carbocycles. The lowest BCUT2D eigenvalue weighted by atomic mass is 14.0. The zero-order valence-corrected chi connectivity index (χ0v) is 63.2. The molecule has 0 heterocycles. The topological polar surface area (TPSA) is 2620 Å². The Morgan fingerprint density at radius 3 is 0.0200 bits per heavy atom. The lowest BCUT2D eigenvalue weighted by Crippen LogP contribution is -0.482. The monoisotopic (exact) mass is 1780 g/mol. The van der Waals surface area contributed by atoms with Crippen molar-refractivity contribution in [1.29, 1.82) is 0 Å². The highest BCUT2D eigenvalue weighted by Crippen LogP contribution is 0.446. The van der Waals surface area contributed by atoms with E-state index in [1.807, 2.05) is 0 Å². The van der Waals surface area contributed by atoms with Gasteiger partial charge in [0.2, 0.25) is 0 Å². The van der Waals surface area contributed by atoms with Gasteiger partial charge in [0.1, 0.15) is 0 Å². The van der Waals surface area contributed by atoms with Gasteiger partial charge in [-0.3, -0.25) is 118 Å². The van der Waals surface area contributed by atoms with Crippen LogP contribution in [-0.2, 0) is 0 Å². The Hall–Kier alpha value is -4.75. The van der Waals surface area contributed by atoms with Gasteiger partial charge in [-0.2, -0.15) is 0 Å². The molecule has 0 aromatic heterocycles. The average Bonchev–Trinajstić information content (AvgIpc) is 0. The molecule has 100 heteroatoms. The first-order valence-corrected chi connectivity index (χ1v) is 0. The fourth-order valence-corrected chi connectivity index (χ4v) is 0. The third kappa shape index (κ3) is 35200. The molecule has 0 aliphatic carbocycles. The smallest absolute Gasteiger partial charge is 0.269 e. The van der Waals surface area contributed by atoms with Crippen molar-refractivity contribution in [1.82, 2.24) is 461 Å². The summed E-state index contributed by atoms with van der Waals surface area (Å²) in [5, 5.41) is 0. The molecule has 75 nitrogen and oxygen atoms in total. The Balaban J connectivity index is 0. The Bertz CT molecular complexity index is 81.1. The lowest BCUT2D eigenvalue weighted by molar-refractivity contribution is 1.11. The molecule has 800 valence electrons. The van der Waals surface area contributed by atoms with Crippen LogP contribution in [0.3, 0.4) is 0 Å². The molecule has 0 unspecified atom stereocenters. The van der Waals surface area contributed by atoms with Crippen LogP contribution in [-0.4, -0.2) is 0 Å². The molecule has 100 heavy (non-hydrogen) atoms. The Morgan fingerprint density at radius 2 is 0.0200 bits per heavy atom. The summed E-state index contributed by atoms with van der Waals surface area (Å²) in [6, 6.07) is 0. The first kappa shape index (κ1) is 37500. The van der Waals surface area contributed by atoms with Gasteiger partial charge in [0.15, 0.2) is 0 Å². The second-order valence-corrected chi connectivity index (χ2v) is 0. The van der Waals surface area contributed by atoms with Gasteiger partial charge in [0, 0.05) is 0 Å². The van der Waals surface area contributed by atoms with Crippen molar-refractivity contribution in [2.45, 2.75) is 0 Å². The van der Waals surface area contributed by atoms with Gasteiger partial charge in [-0.25, -0.2) is 0 Å². The van der Waals surface area contributed by atoms with Crippen molar-refractivity contribution in [2.75, 3.05) is 0 Å². The maximum absolute atomic E-state index is 0. The maximum atomic E-state index is 0. The van der Waals surface area contributed by atoms with Crippen molar-refractivity contribution in [3.8, 4) is 0 Å². The number of hydrogen-bond acceptors (Lipinski definition) is 75. The molecule has 0 radical (unpaired) electrons. The fraction of sp³-hybridized carbons (Fsp3) is 0. The average molecular weight is 1780 g/mol. The van der Waals surface area contributed by atoms with E-state index in [9.17, 15) is 0 Å². The van der Waals surface area contributed by atoms with E-state index < -0.39 is 0 Å². The summed E-state index contributed by atoms with van der Waals surface area (Å²) in [5.41, 5.74) is 0. The van der Waals surface area contributed by atoms with E-state index in [2.05, 4.69) is 0 Å². The molecule has 0 aliphatic heterocycles. The second kappa shape index (κ2) is 36300. The lowest BCUT2D eigenvalue weighted by Gasteiger charge is -0.345.